The first kappa shape index (κ1) is 18.1. The summed E-state index contributed by atoms with van der Waals surface area (Å²) in [6.07, 6.45) is 0. The Morgan fingerprint density at radius 1 is 0.920 bits per heavy atom. The first-order valence-corrected chi connectivity index (χ1v) is 10.2. The maximum absolute atomic E-state index is 13.1. The fourth-order valence-corrected chi connectivity index (χ4v) is 5.16. The van der Waals surface area contributed by atoms with E-state index in [1.165, 1.54) is 0 Å². The molecule has 134 valence electrons. The van der Waals surface area contributed by atoms with Crippen LogP contribution < -0.4 is 14.2 Å². The van der Waals surface area contributed by atoms with Crippen LogP contribution in [0.4, 0.5) is 5.69 Å². The Balaban J connectivity index is 2.07. The van der Waals surface area contributed by atoms with Gasteiger partial charge in [-0.15, -0.1) is 0 Å². The van der Waals surface area contributed by atoms with Gasteiger partial charge in [-0.05, 0) is 65.9 Å². The Hall–Kier alpha value is -1.73. The molecule has 0 saturated carbocycles. The zero-order valence-corrected chi connectivity index (χ0v) is 17.0. The second kappa shape index (κ2) is 6.53. The molecule has 0 aromatic heterocycles. The van der Waals surface area contributed by atoms with Gasteiger partial charge in [-0.2, -0.15) is 0 Å². The highest BCUT2D eigenvalue weighted by Crippen LogP contribution is 2.39. The summed E-state index contributed by atoms with van der Waals surface area (Å²) in [6, 6.07) is 5.36. The highest BCUT2D eigenvalue weighted by molar-refractivity contribution is 9.10. The van der Waals surface area contributed by atoms with Crippen LogP contribution in [0.5, 0.6) is 11.5 Å². The van der Waals surface area contributed by atoms with E-state index < -0.39 is 10.0 Å². The summed E-state index contributed by atoms with van der Waals surface area (Å²) in [4.78, 5) is 0.326. The van der Waals surface area contributed by atoms with E-state index >= 15 is 0 Å². The molecule has 1 heterocycles. The third kappa shape index (κ3) is 3.35. The lowest BCUT2D eigenvalue weighted by Crippen LogP contribution is -2.19. The Kier molecular flexibility index (Phi) is 4.72. The number of rotatable bonds is 3. The Morgan fingerprint density at radius 3 is 2.00 bits per heavy atom. The van der Waals surface area contributed by atoms with E-state index in [4.69, 9.17) is 9.47 Å². The molecule has 1 aliphatic rings. The van der Waals surface area contributed by atoms with E-state index in [1.54, 1.807) is 12.1 Å². The summed E-state index contributed by atoms with van der Waals surface area (Å²) >= 11 is 3.40. The molecule has 0 unspecified atom stereocenters. The average molecular weight is 426 g/mol. The van der Waals surface area contributed by atoms with Crippen molar-refractivity contribution in [3.05, 3.63) is 44.9 Å². The summed E-state index contributed by atoms with van der Waals surface area (Å²) < 4.78 is 40.5. The van der Waals surface area contributed by atoms with E-state index in [-0.39, 0.29) is 0 Å². The van der Waals surface area contributed by atoms with Gasteiger partial charge in [0.25, 0.3) is 10.0 Å². The minimum Gasteiger partial charge on any atom is -0.486 e. The minimum atomic E-state index is -3.75. The molecule has 7 heteroatoms. The molecule has 1 N–H and O–H groups in total. The van der Waals surface area contributed by atoms with Gasteiger partial charge in [0.15, 0.2) is 11.5 Å². The van der Waals surface area contributed by atoms with Crippen molar-refractivity contribution < 1.29 is 17.9 Å². The van der Waals surface area contributed by atoms with Gasteiger partial charge < -0.3 is 9.47 Å². The fourth-order valence-electron chi connectivity index (χ4n) is 2.92. The molecule has 0 atom stereocenters. The molecule has 1 aliphatic heterocycles. The smallest absolute Gasteiger partial charge is 0.262 e. The van der Waals surface area contributed by atoms with Crippen LogP contribution in [0.3, 0.4) is 0 Å². The Morgan fingerprint density at radius 2 is 1.44 bits per heavy atom. The van der Waals surface area contributed by atoms with E-state index in [0.717, 1.165) is 22.3 Å². The van der Waals surface area contributed by atoms with Crippen molar-refractivity contribution in [3.8, 4) is 11.5 Å². The first-order valence-electron chi connectivity index (χ1n) is 7.90. The summed E-state index contributed by atoms with van der Waals surface area (Å²) in [7, 11) is -3.75. The van der Waals surface area contributed by atoms with Crippen LogP contribution in [0, 0.1) is 27.7 Å². The molecule has 0 bridgehead atoms. The third-order valence-electron chi connectivity index (χ3n) is 4.44. The fraction of sp³-hybridized carbons (Fsp3) is 0.333. The lowest BCUT2D eigenvalue weighted by atomic mass is 10.0. The zero-order chi connectivity index (χ0) is 18.4. The van der Waals surface area contributed by atoms with Gasteiger partial charge in [-0.1, -0.05) is 6.07 Å². The summed E-state index contributed by atoms with van der Waals surface area (Å²) in [5.74, 6) is 1.13. The first-order chi connectivity index (χ1) is 11.7. The normalized spacial score (nSPS) is 13.6. The number of benzene rings is 2. The molecular weight excluding hydrogens is 406 g/mol. The van der Waals surface area contributed by atoms with Crippen LogP contribution in [0.2, 0.25) is 0 Å². The monoisotopic (exact) mass is 425 g/mol. The van der Waals surface area contributed by atoms with Crippen molar-refractivity contribution in [3.63, 3.8) is 0 Å². The Labute approximate surface area is 156 Å². The second-order valence-corrected chi connectivity index (χ2v) is 8.64. The number of ether oxygens (including phenoxy) is 2. The van der Waals surface area contributed by atoms with Crippen molar-refractivity contribution in [1.82, 2.24) is 0 Å². The molecule has 2 aromatic rings. The van der Waals surface area contributed by atoms with Crippen molar-refractivity contribution >= 4 is 31.6 Å². The van der Waals surface area contributed by atoms with Gasteiger partial charge in [0.2, 0.25) is 0 Å². The number of hydrogen-bond acceptors (Lipinski definition) is 4. The summed E-state index contributed by atoms with van der Waals surface area (Å²) in [6.45, 7) is 8.41. The molecule has 0 radical (unpaired) electrons. The third-order valence-corrected chi connectivity index (χ3v) is 6.74. The van der Waals surface area contributed by atoms with Gasteiger partial charge in [0.05, 0.1) is 10.6 Å². The number of hydrogen-bond donors (Lipinski definition) is 1. The quantitative estimate of drug-likeness (QED) is 0.797. The van der Waals surface area contributed by atoms with Crippen LogP contribution in [0.1, 0.15) is 22.3 Å². The van der Waals surface area contributed by atoms with Gasteiger partial charge in [0.1, 0.15) is 13.2 Å². The van der Waals surface area contributed by atoms with Gasteiger partial charge in [-0.25, -0.2) is 8.42 Å². The average Bonchev–Trinajstić information content (AvgIpc) is 2.53. The molecule has 25 heavy (non-hydrogen) atoms. The van der Waals surface area contributed by atoms with E-state index in [9.17, 15) is 8.42 Å². The highest BCUT2D eigenvalue weighted by Gasteiger charge is 2.24. The molecule has 0 amide bonds. The number of nitrogens with one attached hydrogen (secondary N) is 1. The molecule has 3 rings (SSSR count). The number of aryl methyl sites for hydroxylation is 2. The zero-order valence-electron chi connectivity index (χ0n) is 14.6. The van der Waals surface area contributed by atoms with Gasteiger partial charge in [-0.3, -0.25) is 4.72 Å². The molecular formula is C18H20BrNO4S. The predicted molar refractivity (Wildman–Crippen MR) is 101 cm³/mol. The molecule has 0 aliphatic carbocycles. The maximum atomic E-state index is 13.1. The lowest BCUT2D eigenvalue weighted by molar-refractivity contribution is 0.171. The standard InChI is InChI=1S/C18H20BrNO4S/c1-10-7-11(2)13(4)18(12(10)3)25(21,22)20-15-9-17-16(8-14(15)19)23-5-6-24-17/h7-9,20H,5-6H2,1-4H3. The number of halogens is 1. The number of fused-ring (bicyclic) bond motifs is 1. The highest BCUT2D eigenvalue weighted by atomic mass is 79.9. The topological polar surface area (TPSA) is 64.6 Å². The van der Waals surface area contributed by atoms with E-state index in [0.29, 0.717) is 39.8 Å². The SMILES string of the molecule is Cc1cc(C)c(C)c(S(=O)(=O)Nc2cc3c(cc2Br)OCCO3)c1C. The summed E-state index contributed by atoms with van der Waals surface area (Å²) in [5, 5.41) is 0. The summed E-state index contributed by atoms with van der Waals surface area (Å²) in [5.41, 5.74) is 3.82. The van der Waals surface area contributed by atoms with Gasteiger partial charge in [0, 0.05) is 16.6 Å². The van der Waals surface area contributed by atoms with Crippen molar-refractivity contribution in [2.24, 2.45) is 0 Å². The molecule has 0 fully saturated rings. The van der Waals surface area contributed by atoms with E-state index in [2.05, 4.69) is 20.7 Å². The maximum Gasteiger partial charge on any atom is 0.262 e. The largest absolute Gasteiger partial charge is 0.486 e. The lowest BCUT2D eigenvalue weighted by Gasteiger charge is -2.21. The second-order valence-electron chi connectivity index (χ2n) is 6.17. The van der Waals surface area contributed by atoms with Crippen LogP contribution >= 0.6 is 15.9 Å². The molecule has 0 spiro atoms. The van der Waals surface area contributed by atoms with Crippen LogP contribution in [-0.4, -0.2) is 21.6 Å². The molecule has 5 nitrogen and oxygen atoms in total. The van der Waals surface area contributed by atoms with Crippen LogP contribution in [0.15, 0.2) is 27.6 Å². The van der Waals surface area contributed by atoms with Crippen molar-refractivity contribution in [2.75, 3.05) is 17.9 Å². The van der Waals surface area contributed by atoms with Crippen molar-refractivity contribution in [2.45, 2.75) is 32.6 Å². The van der Waals surface area contributed by atoms with E-state index in [1.807, 2.05) is 33.8 Å². The van der Waals surface area contributed by atoms with Crippen molar-refractivity contribution in [1.29, 1.82) is 0 Å². The molecule has 0 saturated heterocycles. The number of anilines is 1. The number of sulfonamides is 1. The Bertz CT molecular complexity index is 928. The van der Waals surface area contributed by atoms with Crippen LogP contribution in [0.25, 0.3) is 0 Å². The van der Waals surface area contributed by atoms with Crippen LogP contribution in [-0.2, 0) is 10.0 Å². The molecule has 2 aromatic carbocycles. The van der Waals surface area contributed by atoms with Gasteiger partial charge >= 0.3 is 0 Å². The minimum absolute atomic E-state index is 0.326. The predicted octanol–water partition coefficient (Wildman–Crippen LogP) is 4.25.